The van der Waals surface area contributed by atoms with Gasteiger partial charge in [0.1, 0.15) is 0 Å². The highest BCUT2D eigenvalue weighted by Gasteiger charge is 2.21. The third-order valence-electron chi connectivity index (χ3n) is 2.32. The molecule has 0 saturated heterocycles. The summed E-state index contributed by atoms with van der Waals surface area (Å²) in [6, 6.07) is 1.89. The Bertz CT molecular complexity index is 490. The van der Waals surface area contributed by atoms with Gasteiger partial charge in [0.25, 0.3) is 5.91 Å². The van der Waals surface area contributed by atoms with Gasteiger partial charge in [0.05, 0.1) is 17.7 Å². The standard InChI is InChI=1S/C11H13ClN2O4/c1-13-11(17)14(2)10(16)6-4-8(15)9(18-3)5-7(6)12/h4-5,15H,1-3H3,(H,13,17). The summed E-state index contributed by atoms with van der Waals surface area (Å²) in [5.74, 6) is -0.702. The maximum absolute atomic E-state index is 11.9. The fraction of sp³-hybridized carbons (Fsp3) is 0.273. The van der Waals surface area contributed by atoms with Gasteiger partial charge in [-0.3, -0.25) is 9.69 Å². The first kappa shape index (κ1) is 14.1. The van der Waals surface area contributed by atoms with Crippen LogP contribution in [-0.2, 0) is 0 Å². The SMILES string of the molecule is CNC(=O)N(C)C(=O)c1cc(O)c(OC)cc1Cl. The predicted octanol–water partition coefficient (Wildman–Crippen LogP) is 1.47. The molecule has 0 fully saturated rings. The quantitative estimate of drug-likeness (QED) is 0.854. The van der Waals surface area contributed by atoms with E-state index in [9.17, 15) is 14.7 Å². The minimum atomic E-state index is -0.627. The third kappa shape index (κ3) is 2.65. The minimum Gasteiger partial charge on any atom is -0.504 e. The molecule has 1 aromatic rings. The molecule has 0 atom stereocenters. The van der Waals surface area contributed by atoms with Gasteiger partial charge in [-0.1, -0.05) is 11.6 Å². The number of nitrogens with one attached hydrogen (secondary N) is 1. The summed E-state index contributed by atoms with van der Waals surface area (Å²) in [5, 5.41) is 12.0. The van der Waals surface area contributed by atoms with E-state index >= 15 is 0 Å². The van der Waals surface area contributed by atoms with Gasteiger partial charge >= 0.3 is 6.03 Å². The zero-order valence-corrected chi connectivity index (χ0v) is 10.9. The van der Waals surface area contributed by atoms with Gasteiger partial charge in [-0.2, -0.15) is 0 Å². The smallest absolute Gasteiger partial charge is 0.323 e. The molecule has 98 valence electrons. The molecule has 2 N–H and O–H groups in total. The highest BCUT2D eigenvalue weighted by atomic mass is 35.5. The van der Waals surface area contributed by atoms with E-state index in [2.05, 4.69) is 5.32 Å². The van der Waals surface area contributed by atoms with Crippen LogP contribution in [0.4, 0.5) is 4.79 Å². The molecule has 0 aliphatic carbocycles. The summed E-state index contributed by atoms with van der Waals surface area (Å²) >= 11 is 5.90. The number of amides is 3. The van der Waals surface area contributed by atoms with Crippen molar-refractivity contribution in [3.05, 3.63) is 22.7 Å². The second kappa shape index (κ2) is 5.59. The van der Waals surface area contributed by atoms with Gasteiger partial charge in [0.2, 0.25) is 0 Å². The Labute approximate surface area is 109 Å². The van der Waals surface area contributed by atoms with Gasteiger partial charge in [-0.25, -0.2) is 4.79 Å². The van der Waals surface area contributed by atoms with Crippen molar-refractivity contribution in [2.75, 3.05) is 21.2 Å². The van der Waals surface area contributed by atoms with Crippen molar-refractivity contribution in [3.8, 4) is 11.5 Å². The lowest BCUT2D eigenvalue weighted by Gasteiger charge is -2.16. The van der Waals surface area contributed by atoms with Crippen molar-refractivity contribution in [1.29, 1.82) is 0 Å². The van der Waals surface area contributed by atoms with Gasteiger partial charge in [0, 0.05) is 20.2 Å². The van der Waals surface area contributed by atoms with Crippen LogP contribution in [0, 0.1) is 0 Å². The van der Waals surface area contributed by atoms with Gasteiger partial charge in [-0.15, -0.1) is 0 Å². The van der Waals surface area contributed by atoms with Crippen LogP contribution < -0.4 is 10.1 Å². The highest BCUT2D eigenvalue weighted by molar-refractivity contribution is 6.34. The molecule has 18 heavy (non-hydrogen) atoms. The van der Waals surface area contributed by atoms with E-state index in [0.717, 1.165) is 11.0 Å². The summed E-state index contributed by atoms with van der Waals surface area (Å²) in [6.07, 6.45) is 0. The topological polar surface area (TPSA) is 78.9 Å². The maximum Gasteiger partial charge on any atom is 0.323 e. The lowest BCUT2D eigenvalue weighted by Crippen LogP contribution is -2.39. The molecule has 0 spiro atoms. The molecule has 7 heteroatoms. The monoisotopic (exact) mass is 272 g/mol. The molecule has 0 heterocycles. The van der Waals surface area contributed by atoms with E-state index in [4.69, 9.17) is 16.3 Å². The van der Waals surface area contributed by atoms with E-state index in [1.165, 1.54) is 27.3 Å². The lowest BCUT2D eigenvalue weighted by molar-refractivity contribution is 0.0832. The van der Waals surface area contributed by atoms with Crippen LogP contribution >= 0.6 is 11.6 Å². The molecule has 0 aliphatic heterocycles. The summed E-state index contributed by atoms with van der Waals surface area (Å²) in [6.45, 7) is 0. The molecule has 1 rings (SSSR count). The van der Waals surface area contributed by atoms with E-state index in [1.54, 1.807) is 0 Å². The predicted molar refractivity (Wildman–Crippen MR) is 66.2 cm³/mol. The van der Waals surface area contributed by atoms with Crippen molar-refractivity contribution in [3.63, 3.8) is 0 Å². The Kier molecular flexibility index (Phi) is 4.38. The van der Waals surface area contributed by atoms with E-state index in [1.807, 2.05) is 0 Å². The fourth-order valence-electron chi connectivity index (χ4n) is 1.31. The molecular formula is C11H13ClN2O4. The molecule has 0 radical (unpaired) electrons. The Morgan fingerprint density at radius 1 is 1.44 bits per heavy atom. The highest BCUT2D eigenvalue weighted by Crippen LogP contribution is 2.32. The first-order chi connectivity index (χ1) is 8.42. The number of phenolic OH excluding ortho intramolecular Hbond substituents is 1. The maximum atomic E-state index is 11.9. The Hall–Kier alpha value is -1.95. The fourth-order valence-corrected chi connectivity index (χ4v) is 1.55. The number of halogens is 1. The minimum absolute atomic E-state index is 0.0149. The Morgan fingerprint density at radius 2 is 2.06 bits per heavy atom. The van der Waals surface area contributed by atoms with E-state index in [0.29, 0.717) is 0 Å². The van der Waals surface area contributed by atoms with Crippen LogP contribution in [0.2, 0.25) is 5.02 Å². The van der Waals surface area contributed by atoms with Crippen molar-refractivity contribution in [1.82, 2.24) is 10.2 Å². The van der Waals surface area contributed by atoms with Crippen LogP contribution in [0.15, 0.2) is 12.1 Å². The number of urea groups is 1. The van der Waals surface area contributed by atoms with Crippen LogP contribution in [0.25, 0.3) is 0 Å². The molecule has 6 nitrogen and oxygen atoms in total. The number of imide groups is 1. The van der Waals surface area contributed by atoms with E-state index < -0.39 is 11.9 Å². The number of carbonyl (C=O) groups excluding carboxylic acids is 2. The number of hydrogen-bond acceptors (Lipinski definition) is 4. The molecular weight excluding hydrogens is 260 g/mol. The lowest BCUT2D eigenvalue weighted by atomic mass is 10.1. The number of aromatic hydroxyl groups is 1. The first-order valence-electron chi connectivity index (χ1n) is 4.98. The molecule has 3 amide bonds. The van der Waals surface area contributed by atoms with Crippen molar-refractivity contribution >= 4 is 23.5 Å². The number of hydrogen-bond donors (Lipinski definition) is 2. The van der Waals surface area contributed by atoms with Crippen LogP contribution in [0.1, 0.15) is 10.4 Å². The van der Waals surface area contributed by atoms with Crippen LogP contribution in [0.3, 0.4) is 0 Å². The molecule has 0 bridgehead atoms. The molecule has 0 saturated carbocycles. The molecule has 1 aromatic carbocycles. The van der Waals surface area contributed by atoms with Crippen molar-refractivity contribution in [2.24, 2.45) is 0 Å². The molecule has 0 unspecified atom stereocenters. The Balaban J connectivity index is 3.14. The second-order valence-corrected chi connectivity index (χ2v) is 3.83. The van der Waals surface area contributed by atoms with Crippen LogP contribution in [-0.4, -0.2) is 43.1 Å². The third-order valence-corrected chi connectivity index (χ3v) is 2.63. The number of carbonyl (C=O) groups is 2. The average molecular weight is 273 g/mol. The number of nitrogens with zero attached hydrogens (tertiary/aromatic N) is 1. The largest absolute Gasteiger partial charge is 0.504 e. The van der Waals surface area contributed by atoms with Crippen molar-refractivity contribution < 1.29 is 19.4 Å². The number of methoxy groups -OCH3 is 1. The summed E-state index contributed by atoms with van der Waals surface area (Å²) in [5.41, 5.74) is 0.0149. The van der Waals surface area contributed by atoms with Gasteiger partial charge in [0.15, 0.2) is 11.5 Å². The van der Waals surface area contributed by atoms with E-state index in [-0.39, 0.29) is 22.1 Å². The second-order valence-electron chi connectivity index (χ2n) is 3.42. The zero-order chi connectivity index (χ0) is 13.9. The van der Waals surface area contributed by atoms with Gasteiger partial charge in [-0.05, 0) is 6.07 Å². The number of ether oxygens (including phenoxy) is 1. The number of rotatable bonds is 2. The molecule has 0 aromatic heterocycles. The summed E-state index contributed by atoms with van der Waals surface area (Å²) < 4.78 is 4.85. The summed E-state index contributed by atoms with van der Waals surface area (Å²) in [4.78, 5) is 24.1. The number of benzene rings is 1. The Morgan fingerprint density at radius 3 is 2.56 bits per heavy atom. The first-order valence-corrected chi connectivity index (χ1v) is 5.36. The van der Waals surface area contributed by atoms with Crippen molar-refractivity contribution in [2.45, 2.75) is 0 Å². The summed E-state index contributed by atoms with van der Waals surface area (Å²) in [7, 11) is 4.07. The number of phenols is 1. The molecule has 0 aliphatic rings. The van der Waals surface area contributed by atoms with Crippen LogP contribution in [0.5, 0.6) is 11.5 Å². The average Bonchev–Trinajstić information content (AvgIpc) is 2.38. The normalized spacial score (nSPS) is 9.78. The van der Waals surface area contributed by atoms with Gasteiger partial charge < -0.3 is 15.2 Å². The zero-order valence-electron chi connectivity index (χ0n) is 10.2.